The number of nitrogens with zero attached hydrogens (tertiary/aromatic N) is 2. The van der Waals surface area contributed by atoms with Gasteiger partial charge in [0, 0.05) is 36.9 Å². The normalized spacial score (nSPS) is 20.9. The molecule has 0 saturated carbocycles. The van der Waals surface area contributed by atoms with Crippen molar-refractivity contribution in [3.05, 3.63) is 28.8 Å². The van der Waals surface area contributed by atoms with Crippen molar-refractivity contribution in [3.63, 3.8) is 0 Å². The predicted molar refractivity (Wildman–Crippen MR) is 86.3 cm³/mol. The minimum absolute atomic E-state index is 0.0440. The second-order valence-electron chi connectivity index (χ2n) is 5.57. The van der Waals surface area contributed by atoms with Crippen molar-refractivity contribution in [2.45, 2.75) is 38.8 Å². The largest absolute Gasteiger partial charge is 0.399 e. The molecule has 7 heteroatoms. The molecule has 0 amide bonds. The monoisotopic (exact) mass is 331 g/mol. The van der Waals surface area contributed by atoms with E-state index >= 15 is 0 Å². The van der Waals surface area contributed by atoms with Crippen LogP contribution in [0.4, 0.5) is 5.69 Å². The summed E-state index contributed by atoms with van der Waals surface area (Å²) in [4.78, 5) is 0. The first-order chi connectivity index (χ1) is 9.82. The molecule has 2 N–H and O–H groups in total. The van der Waals surface area contributed by atoms with E-state index in [1.54, 1.807) is 29.6 Å². The lowest BCUT2D eigenvalue weighted by atomic mass is 10.1. The maximum atomic E-state index is 12.7. The molecule has 1 unspecified atom stereocenters. The molecule has 5 nitrogen and oxygen atoms in total. The highest BCUT2D eigenvalue weighted by atomic mass is 35.5. The van der Waals surface area contributed by atoms with Crippen molar-refractivity contribution in [1.82, 2.24) is 8.61 Å². The number of benzene rings is 1. The van der Waals surface area contributed by atoms with Crippen LogP contribution in [-0.2, 0) is 16.8 Å². The van der Waals surface area contributed by atoms with Gasteiger partial charge in [0.05, 0.1) is 0 Å². The molecule has 1 heterocycles. The number of anilines is 1. The van der Waals surface area contributed by atoms with Gasteiger partial charge in [0.1, 0.15) is 0 Å². The van der Waals surface area contributed by atoms with Crippen molar-refractivity contribution in [2.75, 3.05) is 19.3 Å². The van der Waals surface area contributed by atoms with Crippen molar-refractivity contribution in [2.24, 2.45) is 0 Å². The predicted octanol–water partition coefficient (Wildman–Crippen LogP) is 2.47. The topological polar surface area (TPSA) is 66.6 Å². The molecule has 1 aliphatic heterocycles. The van der Waals surface area contributed by atoms with Gasteiger partial charge in [-0.1, -0.05) is 18.0 Å². The van der Waals surface area contributed by atoms with E-state index < -0.39 is 10.2 Å². The van der Waals surface area contributed by atoms with Crippen molar-refractivity contribution < 1.29 is 8.42 Å². The Balaban J connectivity index is 2.18. The highest BCUT2D eigenvalue weighted by Gasteiger charge is 2.32. The fraction of sp³-hybridized carbons (Fsp3) is 0.571. The van der Waals surface area contributed by atoms with Crippen molar-refractivity contribution >= 4 is 27.5 Å². The Morgan fingerprint density at radius 2 is 2.14 bits per heavy atom. The van der Waals surface area contributed by atoms with Gasteiger partial charge in [0.15, 0.2) is 0 Å². The molecule has 118 valence electrons. The van der Waals surface area contributed by atoms with Gasteiger partial charge < -0.3 is 5.73 Å². The molecule has 1 aromatic carbocycles. The zero-order chi connectivity index (χ0) is 15.6. The summed E-state index contributed by atoms with van der Waals surface area (Å²) in [7, 11) is -1.89. The van der Waals surface area contributed by atoms with Crippen LogP contribution in [0.25, 0.3) is 0 Å². The van der Waals surface area contributed by atoms with E-state index in [-0.39, 0.29) is 12.6 Å². The number of piperidine rings is 1. The number of nitrogen functional groups attached to an aromatic ring is 1. The van der Waals surface area contributed by atoms with Crippen LogP contribution in [0, 0.1) is 0 Å². The highest BCUT2D eigenvalue weighted by Crippen LogP contribution is 2.25. The Morgan fingerprint density at radius 3 is 2.81 bits per heavy atom. The third kappa shape index (κ3) is 3.69. The lowest BCUT2D eigenvalue weighted by molar-refractivity contribution is 0.249. The summed E-state index contributed by atoms with van der Waals surface area (Å²) in [6.45, 7) is 2.76. The van der Waals surface area contributed by atoms with Crippen molar-refractivity contribution in [1.29, 1.82) is 0 Å². The molecule has 2 rings (SSSR count). The van der Waals surface area contributed by atoms with Crippen LogP contribution < -0.4 is 5.73 Å². The molecule has 1 fully saturated rings. The molecule has 1 aromatic rings. The number of rotatable bonds is 4. The number of hydrogen-bond acceptors (Lipinski definition) is 3. The van der Waals surface area contributed by atoms with Crippen molar-refractivity contribution in [3.8, 4) is 0 Å². The summed E-state index contributed by atoms with van der Waals surface area (Å²) in [6.07, 6.45) is 2.90. The Bertz CT molecular complexity index is 606. The highest BCUT2D eigenvalue weighted by molar-refractivity contribution is 7.86. The van der Waals surface area contributed by atoms with Gasteiger partial charge in [-0.15, -0.1) is 0 Å². The number of hydrogen-bond donors (Lipinski definition) is 1. The van der Waals surface area contributed by atoms with Crippen LogP contribution in [0.3, 0.4) is 0 Å². The van der Waals surface area contributed by atoms with E-state index in [0.717, 1.165) is 19.3 Å². The average Bonchev–Trinajstić information content (AvgIpc) is 2.43. The van der Waals surface area contributed by atoms with Gasteiger partial charge in [0.25, 0.3) is 10.2 Å². The quantitative estimate of drug-likeness (QED) is 0.862. The van der Waals surface area contributed by atoms with Gasteiger partial charge in [0.2, 0.25) is 0 Å². The smallest absolute Gasteiger partial charge is 0.282 e. The summed E-state index contributed by atoms with van der Waals surface area (Å²) in [6, 6.07) is 5.15. The molecule has 0 aliphatic carbocycles. The molecule has 0 radical (unpaired) electrons. The number of halogens is 1. The average molecular weight is 332 g/mol. The second kappa shape index (κ2) is 6.52. The Kier molecular flexibility index (Phi) is 5.14. The summed E-state index contributed by atoms with van der Waals surface area (Å²) in [5, 5.41) is 0.526. The molecule has 0 bridgehead atoms. The molecule has 0 spiro atoms. The van der Waals surface area contributed by atoms with Gasteiger partial charge in [-0.25, -0.2) is 0 Å². The van der Waals surface area contributed by atoms with E-state index in [0.29, 0.717) is 22.8 Å². The first-order valence-electron chi connectivity index (χ1n) is 7.09. The van der Waals surface area contributed by atoms with Crippen LogP contribution in [0.5, 0.6) is 0 Å². The zero-order valence-electron chi connectivity index (χ0n) is 12.4. The third-order valence-corrected chi connectivity index (χ3v) is 6.32. The van der Waals surface area contributed by atoms with Crippen LogP contribution in [0.1, 0.15) is 31.7 Å². The first-order valence-corrected chi connectivity index (χ1v) is 8.87. The second-order valence-corrected chi connectivity index (χ2v) is 7.97. The summed E-state index contributed by atoms with van der Waals surface area (Å²) in [5.41, 5.74) is 7.03. The van der Waals surface area contributed by atoms with Gasteiger partial charge >= 0.3 is 0 Å². The minimum atomic E-state index is -3.47. The molecule has 1 saturated heterocycles. The summed E-state index contributed by atoms with van der Waals surface area (Å²) < 4.78 is 28.3. The standard InChI is InChI=1S/C14H22ClN3O2S/c1-11-5-3-4-8-18(11)21(19,20)17(2)10-12-9-13(16)6-7-14(12)15/h6-7,9,11H,3-5,8,10,16H2,1-2H3. The maximum Gasteiger partial charge on any atom is 0.282 e. The Labute approximate surface area is 131 Å². The fourth-order valence-corrected chi connectivity index (χ4v) is 4.39. The minimum Gasteiger partial charge on any atom is -0.399 e. The van der Waals surface area contributed by atoms with Gasteiger partial charge in [-0.2, -0.15) is 17.0 Å². The molecule has 1 atom stereocenters. The zero-order valence-corrected chi connectivity index (χ0v) is 14.0. The van der Waals surface area contributed by atoms with Gasteiger partial charge in [-0.3, -0.25) is 0 Å². The Hall–Kier alpha value is -0.820. The SMILES string of the molecule is CC1CCCCN1S(=O)(=O)N(C)Cc1cc(N)ccc1Cl. The first kappa shape index (κ1) is 16.5. The molecular formula is C14H22ClN3O2S. The Morgan fingerprint density at radius 1 is 1.43 bits per heavy atom. The van der Waals surface area contributed by atoms with E-state index in [1.807, 2.05) is 6.92 Å². The molecule has 0 aromatic heterocycles. The lowest BCUT2D eigenvalue weighted by Gasteiger charge is -2.35. The van der Waals surface area contributed by atoms with E-state index in [4.69, 9.17) is 17.3 Å². The van der Waals surface area contributed by atoms with E-state index in [1.165, 1.54) is 4.31 Å². The number of nitrogens with two attached hydrogens (primary N) is 1. The maximum absolute atomic E-state index is 12.7. The van der Waals surface area contributed by atoms with Gasteiger partial charge in [-0.05, 0) is 43.5 Å². The lowest BCUT2D eigenvalue weighted by Crippen LogP contribution is -2.48. The van der Waals surface area contributed by atoms with Crippen LogP contribution >= 0.6 is 11.6 Å². The molecular weight excluding hydrogens is 310 g/mol. The van der Waals surface area contributed by atoms with E-state index in [2.05, 4.69) is 0 Å². The van der Waals surface area contributed by atoms with Crippen LogP contribution in [0.15, 0.2) is 18.2 Å². The van der Waals surface area contributed by atoms with E-state index in [9.17, 15) is 8.42 Å². The third-order valence-electron chi connectivity index (χ3n) is 3.90. The molecule has 1 aliphatic rings. The molecule has 21 heavy (non-hydrogen) atoms. The summed E-state index contributed by atoms with van der Waals surface area (Å²) in [5.74, 6) is 0. The summed E-state index contributed by atoms with van der Waals surface area (Å²) >= 11 is 6.11. The fourth-order valence-electron chi connectivity index (χ4n) is 2.63. The van der Waals surface area contributed by atoms with Crippen LogP contribution in [-0.4, -0.2) is 36.7 Å². The van der Waals surface area contributed by atoms with Crippen LogP contribution in [0.2, 0.25) is 5.02 Å².